The Labute approximate surface area is 229 Å². The molecule has 3 aromatic carbocycles. The lowest BCUT2D eigenvalue weighted by Crippen LogP contribution is -2.29. The van der Waals surface area contributed by atoms with Gasteiger partial charge >= 0.3 is 0 Å². The van der Waals surface area contributed by atoms with E-state index in [9.17, 15) is 0 Å². The SMILES string of the molecule is c1c#cc(-c2nc(C3C=CC=CC3)nc(-n3c4c(c5cc6sc7ccccc7c6cc53)=CCC=CC=4)n2)[c]c#1. The zero-order valence-corrected chi connectivity index (χ0v) is 21.6. The van der Waals surface area contributed by atoms with E-state index < -0.39 is 0 Å². The van der Waals surface area contributed by atoms with E-state index in [0.717, 1.165) is 29.5 Å². The summed E-state index contributed by atoms with van der Waals surface area (Å²) in [6.45, 7) is 0. The van der Waals surface area contributed by atoms with Gasteiger partial charge in [0.25, 0.3) is 0 Å². The van der Waals surface area contributed by atoms with Gasteiger partial charge in [-0.1, -0.05) is 66.8 Å². The topological polar surface area (TPSA) is 43.6 Å². The van der Waals surface area contributed by atoms with E-state index in [1.54, 1.807) is 0 Å². The lowest BCUT2D eigenvalue weighted by atomic mass is 10.0. The highest BCUT2D eigenvalue weighted by Gasteiger charge is 2.20. The number of fused-ring (bicyclic) bond motifs is 6. The van der Waals surface area contributed by atoms with Crippen molar-refractivity contribution in [1.29, 1.82) is 0 Å². The van der Waals surface area contributed by atoms with Crippen LogP contribution in [0.1, 0.15) is 24.6 Å². The fraction of sp³-hybridized carbons (Fsp3) is 0.0882. The van der Waals surface area contributed by atoms with Crippen LogP contribution in [-0.4, -0.2) is 19.5 Å². The second kappa shape index (κ2) is 8.81. The molecule has 0 fully saturated rings. The lowest BCUT2D eigenvalue weighted by molar-refractivity contribution is 0.745. The zero-order chi connectivity index (χ0) is 25.8. The minimum Gasteiger partial charge on any atom is -0.278 e. The fourth-order valence-electron chi connectivity index (χ4n) is 5.46. The van der Waals surface area contributed by atoms with Crippen molar-refractivity contribution in [3.8, 4) is 17.3 Å². The maximum absolute atomic E-state index is 5.09. The molecule has 0 bridgehead atoms. The molecule has 181 valence electrons. The molecule has 0 spiro atoms. The molecule has 0 saturated heterocycles. The van der Waals surface area contributed by atoms with Crippen LogP contribution in [0.5, 0.6) is 0 Å². The second-order valence-corrected chi connectivity index (χ2v) is 10.7. The van der Waals surface area contributed by atoms with Gasteiger partial charge < -0.3 is 0 Å². The largest absolute Gasteiger partial charge is 0.278 e. The van der Waals surface area contributed by atoms with Gasteiger partial charge in [0.2, 0.25) is 5.95 Å². The molecule has 0 aliphatic heterocycles. The molecule has 0 saturated carbocycles. The third-order valence-corrected chi connectivity index (χ3v) is 8.40. The van der Waals surface area contributed by atoms with Crippen LogP contribution in [0.15, 0.2) is 72.9 Å². The van der Waals surface area contributed by atoms with Gasteiger partial charge in [0, 0.05) is 36.7 Å². The van der Waals surface area contributed by atoms with Gasteiger partial charge in [-0.15, -0.1) is 11.3 Å². The van der Waals surface area contributed by atoms with E-state index in [1.807, 2.05) is 11.3 Å². The van der Waals surface area contributed by atoms with Gasteiger partial charge in [-0.05, 0) is 55.3 Å². The summed E-state index contributed by atoms with van der Waals surface area (Å²) in [6, 6.07) is 27.8. The summed E-state index contributed by atoms with van der Waals surface area (Å²) in [5, 5.41) is 5.97. The summed E-state index contributed by atoms with van der Waals surface area (Å²) in [6.07, 6.45) is 18.9. The van der Waals surface area contributed by atoms with Crippen LogP contribution in [0.2, 0.25) is 0 Å². The first-order valence-corrected chi connectivity index (χ1v) is 13.7. The minimum absolute atomic E-state index is 0.0575. The van der Waals surface area contributed by atoms with Crippen LogP contribution in [0.25, 0.3) is 60.6 Å². The normalized spacial score (nSPS) is 15.9. The summed E-state index contributed by atoms with van der Waals surface area (Å²) in [4.78, 5) is 14.9. The van der Waals surface area contributed by atoms with Gasteiger partial charge in [-0.3, -0.25) is 4.57 Å². The lowest BCUT2D eigenvalue weighted by Gasteiger charge is -2.14. The fourth-order valence-corrected chi connectivity index (χ4v) is 6.59. The van der Waals surface area contributed by atoms with Gasteiger partial charge in [-0.2, -0.15) is 9.97 Å². The third kappa shape index (κ3) is 3.60. The molecule has 1 unspecified atom stereocenters. The Balaban J connectivity index is 1.48. The zero-order valence-electron chi connectivity index (χ0n) is 20.8. The number of hydrogen-bond acceptors (Lipinski definition) is 4. The van der Waals surface area contributed by atoms with Crippen molar-refractivity contribution >= 4 is 54.6 Å². The first-order valence-electron chi connectivity index (χ1n) is 12.9. The van der Waals surface area contributed by atoms with Crippen LogP contribution in [0, 0.1) is 30.3 Å². The van der Waals surface area contributed by atoms with Crippen molar-refractivity contribution in [2.45, 2.75) is 18.8 Å². The maximum atomic E-state index is 5.09. The van der Waals surface area contributed by atoms with Gasteiger partial charge in [0.1, 0.15) is 5.82 Å². The number of hydrogen-bond donors (Lipinski definition) is 0. The number of allylic oxidation sites excluding steroid dienone is 6. The Morgan fingerprint density at radius 1 is 0.872 bits per heavy atom. The molecule has 2 aliphatic carbocycles. The molecule has 3 aromatic heterocycles. The summed E-state index contributed by atoms with van der Waals surface area (Å²) in [5.41, 5.74) is 1.67. The molecule has 6 aromatic rings. The Kier molecular flexibility index (Phi) is 4.98. The van der Waals surface area contributed by atoms with Crippen LogP contribution in [0.3, 0.4) is 0 Å². The Morgan fingerprint density at radius 3 is 2.74 bits per heavy atom. The van der Waals surface area contributed by atoms with E-state index in [0.29, 0.717) is 17.3 Å². The van der Waals surface area contributed by atoms with Gasteiger partial charge in [0.05, 0.1) is 22.5 Å². The average molecular weight is 516 g/mol. The molecule has 1 radical (unpaired) electrons. The number of nitrogens with zero attached hydrogens (tertiary/aromatic N) is 4. The molecule has 5 heteroatoms. The van der Waals surface area contributed by atoms with E-state index in [-0.39, 0.29) is 5.92 Å². The van der Waals surface area contributed by atoms with Crippen LogP contribution >= 0.6 is 11.3 Å². The summed E-state index contributed by atoms with van der Waals surface area (Å²) >= 11 is 1.84. The molecule has 8 rings (SSSR count). The quantitative estimate of drug-likeness (QED) is 0.292. The molecule has 3 heterocycles. The van der Waals surface area contributed by atoms with E-state index in [2.05, 4.69) is 120 Å². The Morgan fingerprint density at radius 2 is 1.85 bits per heavy atom. The van der Waals surface area contributed by atoms with Crippen LogP contribution in [-0.2, 0) is 0 Å². The summed E-state index contributed by atoms with van der Waals surface area (Å²) < 4.78 is 4.75. The molecule has 0 N–H and O–H groups in total. The van der Waals surface area contributed by atoms with Crippen molar-refractivity contribution in [3.63, 3.8) is 0 Å². The molecule has 39 heavy (non-hydrogen) atoms. The minimum atomic E-state index is 0.0575. The highest BCUT2D eigenvalue weighted by Crippen LogP contribution is 2.36. The Bertz CT molecular complexity index is 2130. The van der Waals surface area contributed by atoms with Crippen molar-refractivity contribution in [3.05, 3.63) is 120 Å². The molecule has 2 aliphatic rings. The average Bonchev–Trinajstić information content (AvgIpc) is 3.39. The molecule has 4 nitrogen and oxygen atoms in total. The van der Waals surface area contributed by atoms with Gasteiger partial charge in [0.15, 0.2) is 5.82 Å². The highest BCUT2D eigenvalue weighted by molar-refractivity contribution is 7.25. The molecule has 1 atom stereocenters. The van der Waals surface area contributed by atoms with E-state index in [4.69, 9.17) is 15.0 Å². The number of rotatable bonds is 3. The van der Waals surface area contributed by atoms with Crippen molar-refractivity contribution in [2.24, 2.45) is 0 Å². The van der Waals surface area contributed by atoms with Gasteiger partial charge in [-0.25, -0.2) is 4.98 Å². The molecular weight excluding hydrogens is 496 g/mol. The van der Waals surface area contributed by atoms with Crippen molar-refractivity contribution in [1.82, 2.24) is 19.5 Å². The van der Waals surface area contributed by atoms with Crippen LogP contribution < -0.4 is 10.6 Å². The first-order chi connectivity index (χ1) is 19.3. The van der Waals surface area contributed by atoms with Crippen molar-refractivity contribution < 1.29 is 0 Å². The van der Waals surface area contributed by atoms with Crippen molar-refractivity contribution in [2.75, 3.05) is 0 Å². The summed E-state index contributed by atoms with van der Waals surface area (Å²) in [7, 11) is 0. The second-order valence-electron chi connectivity index (χ2n) is 9.61. The smallest absolute Gasteiger partial charge is 0.238 e. The number of thiophene rings is 1. The highest BCUT2D eigenvalue weighted by atomic mass is 32.1. The standard InChI is InChI=1S/C34H19N4S/c1-4-12-22(13-5-1)32-35-33(23-14-6-2-7-15-23)37-34(36-32)38-28-18-9-3-8-16-24(28)26-21-31-27(20-29(26)38)25-17-10-11-19-30(25)39-31/h1,3-5,9-12,16-22H,8,13H2. The van der Waals surface area contributed by atoms with Crippen LogP contribution in [0.4, 0.5) is 0 Å². The van der Waals surface area contributed by atoms with E-state index >= 15 is 0 Å². The van der Waals surface area contributed by atoms with E-state index in [1.165, 1.54) is 30.8 Å². The maximum Gasteiger partial charge on any atom is 0.238 e. The predicted octanol–water partition coefficient (Wildman–Crippen LogP) is 5.97. The molecular formula is C34H19N4S. The predicted molar refractivity (Wildman–Crippen MR) is 157 cm³/mol. The Hall–Kier alpha value is -4.97. The molecule has 0 amide bonds. The summed E-state index contributed by atoms with van der Waals surface area (Å²) in [5.74, 6) is 1.86. The monoisotopic (exact) mass is 515 g/mol. The first kappa shape index (κ1) is 22.1. The third-order valence-electron chi connectivity index (χ3n) is 7.27. The number of aromatic nitrogens is 4. The number of benzene rings is 2.